The van der Waals surface area contributed by atoms with Gasteiger partial charge < -0.3 is 10.6 Å². The summed E-state index contributed by atoms with van der Waals surface area (Å²) in [4.78, 5) is 6.99. The normalized spacial score (nSPS) is 18.9. The van der Waals surface area contributed by atoms with Crippen LogP contribution in [0, 0.1) is 0 Å². The van der Waals surface area contributed by atoms with Crippen LogP contribution in [0.3, 0.4) is 0 Å². The van der Waals surface area contributed by atoms with Crippen LogP contribution in [0.4, 0.5) is 11.4 Å². The van der Waals surface area contributed by atoms with E-state index in [0.29, 0.717) is 0 Å². The Morgan fingerprint density at radius 3 is 3.21 bits per heavy atom. The molecule has 2 N–H and O–H groups in total. The summed E-state index contributed by atoms with van der Waals surface area (Å²) in [5, 5.41) is 0. The Labute approximate surface area is 83.2 Å². The van der Waals surface area contributed by atoms with Gasteiger partial charge in [0.1, 0.15) is 5.84 Å². The number of benzene rings is 1. The molecule has 2 heterocycles. The lowest BCUT2D eigenvalue weighted by atomic mass is 10.1. The molecule has 3 heteroatoms. The van der Waals surface area contributed by atoms with Crippen LogP contribution >= 0.6 is 0 Å². The summed E-state index contributed by atoms with van der Waals surface area (Å²) in [5.41, 5.74) is 8.91. The van der Waals surface area contributed by atoms with Gasteiger partial charge in [0.05, 0.1) is 5.69 Å². The van der Waals surface area contributed by atoms with E-state index in [9.17, 15) is 0 Å². The number of hydrogen-bond acceptors (Lipinski definition) is 3. The molecule has 0 saturated carbocycles. The Bertz CT molecular complexity index is 409. The standard InChI is InChI=1S/C11H13N3/c12-9-4-3-8-7-14-5-1-2-11(14)13-10(8)6-9/h3-4,6H,1-2,5,7,12H2. The summed E-state index contributed by atoms with van der Waals surface area (Å²) in [6.07, 6.45) is 2.36. The van der Waals surface area contributed by atoms with Crippen LogP contribution < -0.4 is 5.73 Å². The molecule has 1 aromatic carbocycles. The monoisotopic (exact) mass is 187 g/mol. The van der Waals surface area contributed by atoms with Gasteiger partial charge in [-0.05, 0) is 24.1 Å². The number of anilines is 1. The molecule has 3 nitrogen and oxygen atoms in total. The highest BCUT2D eigenvalue weighted by Crippen LogP contribution is 2.31. The van der Waals surface area contributed by atoms with Crippen molar-refractivity contribution in [3.05, 3.63) is 23.8 Å². The predicted octanol–water partition coefficient (Wildman–Crippen LogP) is 1.91. The number of aliphatic imine (C=N–C) groups is 1. The predicted molar refractivity (Wildman–Crippen MR) is 57.6 cm³/mol. The highest BCUT2D eigenvalue weighted by molar-refractivity contribution is 5.88. The molecule has 0 aliphatic carbocycles. The molecule has 0 aromatic heterocycles. The van der Waals surface area contributed by atoms with Crippen LogP contribution in [0.25, 0.3) is 0 Å². The van der Waals surface area contributed by atoms with Crippen molar-refractivity contribution in [3.8, 4) is 0 Å². The molecule has 1 fully saturated rings. The van der Waals surface area contributed by atoms with E-state index >= 15 is 0 Å². The topological polar surface area (TPSA) is 41.6 Å². The van der Waals surface area contributed by atoms with Crippen LogP contribution in [-0.4, -0.2) is 17.3 Å². The van der Waals surface area contributed by atoms with Crippen molar-refractivity contribution in [1.82, 2.24) is 4.90 Å². The van der Waals surface area contributed by atoms with Crippen molar-refractivity contribution in [1.29, 1.82) is 0 Å². The van der Waals surface area contributed by atoms with E-state index < -0.39 is 0 Å². The SMILES string of the molecule is Nc1ccc2c(c1)N=C1CCCN1C2. The summed E-state index contributed by atoms with van der Waals surface area (Å²) in [5.74, 6) is 1.24. The van der Waals surface area contributed by atoms with Crippen molar-refractivity contribution >= 4 is 17.2 Å². The first-order chi connectivity index (χ1) is 6.83. The van der Waals surface area contributed by atoms with E-state index in [-0.39, 0.29) is 0 Å². The number of nitrogen functional groups attached to an aromatic ring is 1. The molecule has 3 rings (SSSR count). The molecule has 1 saturated heterocycles. The maximum Gasteiger partial charge on any atom is 0.105 e. The van der Waals surface area contributed by atoms with Gasteiger partial charge in [0, 0.05) is 25.2 Å². The molecule has 0 spiro atoms. The van der Waals surface area contributed by atoms with Crippen molar-refractivity contribution in [2.75, 3.05) is 12.3 Å². The van der Waals surface area contributed by atoms with Gasteiger partial charge in [-0.15, -0.1) is 0 Å². The molecule has 14 heavy (non-hydrogen) atoms. The lowest BCUT2D eigenvalue weighted by Gasteiger charge is -2.24. The highest BCUT2D eigenvalue weighted by Gasteiger charge is 2.23. The first kappa shape index (κ1) is 7.85. The van der Waals surface area contributed by atoms with Gasteiger partial charge in [-0.2, -0.15) is 0 Å². The zero-order valence-corrected chi connectivity index (χ0v) is 8.03. The molecule has 2 aliphatic heterocycles. The summed E-state index contributed by atoms with van der Waals surface area (Å²) in [6, 6.07) is 6.01. The quantitative estimate of drug-likeness (QED) is 0.630. The van der Waals surface area contributed by atoms with Gasteiger partial charge >= 0.3 is 0 Å². The maximum atomic E-state index is 5.74. The molecule has 0 unspecified atom stereocenters. The number of amidine groups is 1. The van der Waals surface area contributed by atoms with Crippen LogP contribution in [0.1, 0.15) is 18.4 Å². The molecule has 72 valence electrons. The molecule has 0 bridgehead atoms. The van der Waals surface area contributed by atoms with Crippen molar-refractivity contribution in [3.63, 3.8) is 0 Å². The minimum Gasteiger partial charge on any atom is -0.399 e. The van der Waals surface area contributed by atoms with Crippen LogP contribution in [0.5, 0.6) is 0 Å². The fourth-order valence-electron chi connectivity index (χ4n) is 2.18. The Morgan fingerprint density at radius 1 is 1.36 bits per heavy atom. The summed E-state index contributed by atoms with van der Waals surface area (Å²) >= 11 is 0. The largest absolute Gasteiger partial charge is 0.399 e. The van der Waals surface area contributed by atoms with Crippen LogP contribution in [-0.2, 0) is 6.54 Å². The molecule has 1 aromatic rings. The number of nitrogens with two attached hydrogens (primary N) is 1. The lowest BCUT2D eigenvalue weighted by molar-refractivity contribution is 0.443. The van der Waals surface area contributed by atoms with E-state index in [1.807, 2.05) is 12.1 Å². The average Bonchev–Trinajstić information content (AvgIpc) is 2.61. The summed E-state index contributed by atoms with van der Waals surface area (Å²) in [6.45, 7) is 2.16. The molecule has 2 aliphatic rings. The second-order valence-corrected chi connectivity index (χ2v) is 3.94. The van der Waals surface area contributed by atoms with Crippen molar-refractivity contribution < 1.29 is 0 Å². The summed E-state index contributed by atoms with van der Waals surface area (Å²) < 4.78 is 0. The van der Waals surface area contributed by atoms with Gasteiger partial charge in [-0.25, -0.2) is 4.99 Å². The third-order valence-electron chi connectivity index (χ3n) is 2.91. The smallest absolute Gasteiger partial charge is 0.105 e. The van der Waals surface area contributed by atoms with Crippen molar-refractivity contribution in [2.45, 2.75) is 19.4 Å². The zero-order chi connectivity index (χ0) is 9.54. The number of rotatable bonds is 0. The average molecular weight is 187 g/mol. The molecular weight excluding hydrogens is 174 g/mol. The van der Waals surface area contributed by atoms with Gasteiger partial charge in [0.15, 0.2) is 0 Å². The first-order valence-electron chi connectivity index (χ1n) is 5.04. The lowest BCUT2D eigenvalue weighted by Crippen LogP contribution is -2.26. The van der Waals surface area contributed by atoms with Crippen LogP contribution in [0.15, 0.2) is 23.2 Å². The zero-order valence-electron chi connectivity index (χ0n) is 8.03. The second-order valence-electron chi connectivity index (χ2n) is 3.94. The van der Waals surface area contributed by atoms with Crippen molar-refractivity contribution in [2.24, 2.45) is 4.99 Å². The fraction of sp³-hybridized carbons (Fsp3) is 0.364. The molecule has 0 atom stereocenters. The van der Waals surface area contributed by atoms with E-state index in [4.69, 9.17) is 5.73 Å². The van der Waals surface area contributed by atoms with E-state index in [2.05, 4.69) is 16.0 Å². The summed E-state index contributed by atoms with van der Waals surface area (Å²) in [7, 11) is 0. The minimum absolute atomic E-state index is 0.805. The Hall–Kier alpha value is -1.51. The fourth-order valence-corrected chi connectivity index (χ4v) is 2.18. The number of fused-ring (bicyclic) bond motifs is 2. The third-order valence-corrected chi connectivity index (χ3v) is 2.91. The Kier molecular flexibility index (Phi) is 1.54. The number of hydrogen-bond donors (Lipinski definition) is 1. The highest BCUT2D eigenvalue weighted by atomic mass is 15.2. The van der Waals surface area contributed by atoms with E-state index in [0.717, 1.165) is 30.9 Å². The molecular formula is C11H13N3. The maximum absolute atomic E-state index is 5.74. The Balaban J connectivity index is 2.09. The van der Waals surface area contributed by atoms with Gasteiger partial charge in [0.25, 0.3) is 0 Å². The van der Waals surface area contributed by atoms with E-state index in [1.54, 1.807) is 0 Å². The molecule has 0 amide bonds. The number of nitrogens with zero attached hydrogens (tertiary/aromatic N) is 2. The van der Waals surface area contributed by atoms with Crippen LogP contribution in [0.2, 0.25) is 0 Å². The molecule has 0 radical (unpaired) electrons. The van der Waals surface area contributed by atoms with Gasteiger partial charge in [-0.1, -0.05) is 6.07 Å². The Morgan fingerprint density at radius 2 is 2.29 bits per heavy atom. The van der Waals surface area contributed by atoms with Gasteiger partial charge in [0.2, 0.25) is 0 Å². The third kappa shape index (κ3) is 1.09. The van der Waals surface area contributed by atoms with E-state index in [1.165, 1.54) is 17.8 Å². The minimum atomic E-state index is 0.805. The second kappa shape index (κ2) is 2.74. The first-order valence-corrected chi connectivity index (χ1v) is 5.04. The van der Waals surface area contributed by atoms with Gasteiger partial charge in [-0.3, -0.25) is 0 Å².